The Morgan fingerprint density at radius 1 is 0.905 bits per heavy atom. The molecule has 0 unspecified atom stereocenters. The summed E-state index contributed by atoms with van der Waals surface area (Å²) in [7, 11) is 0. The number of hydrogen-bond donors (Lipinski definition) is 2. The van der Waals surface area contributed by atoms with Crippen molar-refractivity contribution < 1.29 is 0 Å². The van der Waals surface area contributed by atoms with Gasteiger partial charge in [-0.3, -0.25) is 9.97 Å². The maximum atomic E-state index is 5.83. The molecule has 0 fully saturated rings. The molecule has 0 amide bonds. The molecule has 0 atom stereocenters. The van der Waals surface area contributed by atoms with E-state index in [0.29, 0.717) is 0 Å². The number of nitrogen functional groups attached to an aromatic ring is 1. The highest BCUT2D eigenvalue weighted by molar-refractivity contribution is 5.69. The first-order chi connectivity index (χ1) is 10.3. The zero-order valence-electron chi connectivity index (χ0n) is 11.5. The van der Waals surface area contributed by atoms with Crippen LogP contribution < -0.4 is 11.1 Å². The van der Waals surface area contributed by atoms with E-state index in [-0.39, 0.29) is 0 Å². The van der Waals surface area contributed by atoms with Crippen molar-refractivity contribution in [2.24, 2.45) is 0 Å². The minimum absolute atomic E-state index is 0.718. The number of pyridine rings is 2. The summed E-state index contributed by atoms with van der Waals surface area (Å²) in [6.45, 7) is 0.718. The average Bonchev–Trinajstić information content (AvgIpc) is 2.54. The number of aromatic nitrogens is 2. The van der Waals surface area contributed by atoms with Crippen LogP contribution >= 0.6 is 0 Å². The molecular formula is C17H16N4. The van der Waals surface area contributed by atoms with Gasteiger partial charge in [0.2, 0.25) is 0 Å². The first kappa shape index (κ1) is 13.1. The molecule has 4 heteroatoms. The third-order valence-corrected chi connectivity index (χ3v) is 3.18. The fourth-order valence-corrected chi connectivity index (χ4v) is 2.12. The van der Waals surface area contributed by atoms with Gasteiger partial charge in [0, 0.05) is 42.6 Å². The van der Waals surface area contributed by atoms with Crippen LogP contribution in [-0.2, 0) is 6.54 Å². The van der Waals surface area contributed by atoms with Crippen molar-refractivity contribution in [3.63, 3.8) is 0 Å². The maximum absolute atomic E-state index is 5.83. The molecular weight excluding hydrogens is 260 g/mol. The second-order valence-electron chi connectivity index (χ2n) is 4.80. The molecule has 3 rings (SSSR count). The lowest BCUT2D eigenvalue weighted by atomic mass is 10.1. The van der Waals surface area contributed by atoms with E-state index in [9.17, 15) is 0 Å². The number of rotatable bonds is 4. The van der Waals surface area contributed by atoms with Gasteiger partial charge in [-0.1, -0.05) is 18.2 Å². The van der Waals surface area contributed by atoms with E-state index in [1.165, 1.54) is 0 Å². The van der Waals surface area contributed by atoms with Gasteiger partial charge >= 0.3 is 0 Å². The predicted molar refractivity (Wildman–Crippen MR) is 85.6 cm³/mol. The Balaban J connectivity index is 1.77. The summed E-state index contributed by atoms with van der Waals surface area (Å²) in [6, 6.07) is 13.8. The monoisotopic (exact) mass is 276 g/mol. The SMILES string of the molecule is Nc1cccc(-c2cncc(NCc3cccnc3)c2)c1. The Morgan fingerprint density at radius 2 is 1.86 bits per heavy atom. The van der Waals surface area contributed by atoms with E-state index in [2.05, 4.69) is 21.4 Å². The molecule has 2 aromatic heterocycles. The second kappa shape index (κ2) is 6.05. The molecule has 0 spiro atoms. The summed E-state index contributed by atoms with van der Waals surface area (Å²) in [6.07, 6.45) is 7.27. The molecule has 0 aliphatic heterocycles. The number of nitrogens with zero attached hydrogens (tertiary/aromatic N) is 2. The van der Waals surface area contributed by atoms with Gasteiger partial charge in [-0.2, -0.15) is 0 Å². The second-order valence-corrected chi connectivity index (χ2v) is 4.80. The topological polar surface area (TPSA) is 63.8 Å². The standard InChI is InChI=1S/C17H16N4/c18-16-5-1-4-14(7-16)15-8-17(12-20-11-15)21-10-13-3-2-6-19-9-13/h1-9,11-12,21H,10,18H2. The van der Waals surface area contributed by atoms with Gasteiger partial charge in [0.15, 0.2) is 0 Å². The predicted octanol–water partition coefficient (Wildman–Crippen LogP) is 3.34. The number of nitrogens with one attached hydrogen (secondary N) is 1. The van der Waals surface area contributed by atoms with Crippen LogP contribution in [0, 0.1) is 0 Å². The highest BCUT2D eigenvalue weighted by Crippen LogP contribution is 2.23. The molecule has 2 heterocycles. The zero-order valence-corrected chi connectivity index (χ0v) is 11.5. The van der Waals surface area contributed by atoms with Gasteiger partial charge < -0.3 is 11.1 Å². The van der Waals surface area contributed by atoms with Crippen LogP contribution in [0.25, 0.3) is 11.1 Å². The van der Waals surface area contributed by atoms with Crippen LogP contribution in [0.15, 0.2) is 67.3 Å². The summed E-state index contributed by atoms with van der Waals surface area (Å²) < 4.78 is 0. The first-order valence-electron chi connectivity index (χ1n) is 6.75. The van der Waals surface area contributed by atoms with Crippen LogP contribution in [-0.4, -0.2) is 9.97 Å². The summed E-state index contributed by atoms with van der Waals surface area (Å²) in [5.74, 6) is 0. The smallest absolute Gasteiger partial charge is 0.0535 e. The van der Waals surface area contributed by atoms with E-state index in [0.717, 1.165) is 34.6 Å². The Hall–Kier alpha value is -2.88. The normalized spacial score (nSPS) is 10.3. The van der Waals surface area contributed by atoms with Gasteiger partial charge in [0.1, 0.15) is 0 Å². The lowest BCUT2D eigenvalue weighted by Crippen LogP contribution is -2.00. The van der Waals surface area contributed by atoms with Gasteiger partial charge in [0.25, 0.3) is 0 Å². The van der Waals surface area contributed by atoms with Crippen molar-refractivity contribution in [1.29, 1.82) is 0 Å². The average molecular weight is 276 g/mol. The number of nitrogens with two attached hydrogens (primary N) is 1. The maximum Gasteiger partial charge on any atom is 0.0535 e. The van der Waals surface area contributed by atoms with Crippen molar-refractivity contribution in [2.75, 3.05) is 11.1 Å². The summed E-state index contributed by atoms with van der Waals surface area (Å²) >= 11 is 0. The molecule has 0 bridgehead atoms. The molecule has 4 nitrogen and oxygen atoms in total. The van der Waals surface area contributed by atoms with Crippen molar-refractivity contribution in [3.8, 4) is 11.1 Å². The molecule has 0 aliphatic rings. The molecule has 3 aromatic rings. The van der Waals surface area contributed by atoms with Crippen molar-refractivity contribution in [1.82, 2.24) is 9.97 Å². The van der Waals surface area contributed by atoms with Crippen LogP contribution in [0.5, 0.6) is 0 Å². The Labute approximate surface area is 123 Å². The zero-order chi connectivity index (χ0) is 14.5. The van der Waals surface area contributed by atoms with Crippen molar-refractivity contribution >= 4 is 11.4 Å². The minimum atomic E-state index is 0.718. The molecule has 0 radical (unpaired) electrons. The van der Waals surface area contributed by atoms with Crippen LogP contribution in [0.4, 0.5) is 11.4 Å². The van der Waals surface area contributed by atoms with Crippen LogP contribution in [0.2, 0.25) is 0 Å². The van der Waals surface area contributed by atoms with E-state index in [1.54, 1.807) is 6.20 Å². The van der Waals surface area contributed by atoms with Crippen LogP contribution in [0.3, 0.4) is 0 Å². The lowest BCUT2D eigenvalue weighted by Gasteiger charge is -2.08. The highest BCUT2D eigenvalue weighted by atomic mass is 14.9. The molecule has 0 aliphatic carbocycles. The summed E-state index contributed by atoms with van der Waals surface area (Å²) in [5.41, 5.74) is 10.8. The molecule has 1 aromatic carbocycles. The Kier molecular flexibility index (Phi) is 3.78. The van der Waals surface area contributed by atoms with Crippen LogP contribution in [0.1, 0.15) is 5.56 Å². The van der Waals surface area contributed by atoms with E-state index < -0.39 is 0 Å². The quantitative estimate of drug-likeness (QED) is 0.717. The summed E-state index contributed by atoms with van der Waals surface area (Å²) in [4.78, 5) is 8.39. The summed E-state index contributed by atoms with van der Waals surface area (Å²) in [5, 5.41) is 3.35. The molecule has 0 saturated carbocycles. The first-order valence-corrected chi connectivity index (χ1v) is 6.75. The van der Waals surface area contributed by atoms with E-state index >= 15 is 0 Å². The van der Waals surface area contributed by atoms with E-state index in [1.807, 2.05) is 55.0 Å². The molecule has 0 saturated heterocycles. The Morgan fingerprint density at radius 3 is 2.67 bits per heavy atom. The highest BCUT2D eigenvalue weighted by Gasteiger charge is 2.01. The third-order valence-electron chi connectivity index (χ3n) is 3.18. The fraction of sp³-hybridized carbons (Fsp3) is 0.0588. The number of hydrogen-bond acceptors (Lipinski definition) is 4. The molecule has 104 valence electrons. The largest absolute Gasteiger partial charge is 0.399 e. The third kappa shape index (κ3) is 3.36. The minimum Gasteiger partial charge on any atom is -0.399 e. The van der Waals surface area contributed by atoms with Gasteiger partial charge in [-0.05, 0) is 35.4 Å². The number of anilines is 2. The lowest BCUT2D eigenvalue weighted by molar-refractivity contribution is 1.11. The van der Waals surface area contributed by atoms with E-state index in [4.69, 9.17) is 5.73 Å². The van der Waals surface area contributed by atoms with Gasteiger partial charge in [0.05, 0.1) is 5.69 Å². The van der Waals surface area contributed by atoms with Crippen molar-refractivity contribution in [3.05, 3.63) is 72.8 Å². The van der Waals surface area contributed by atoms with Crippen molar-refractivity contribution in [2.45, 2.75) is 6.54 Å². The Bertz CT molecular complexity index is 726. The van der Waals surface area contributed by atoms with Gasteiger partial charge in [-0.15, -0.1) is 0 Å². The molecule has 21 heavy (non-hydrogen) atoms. The number of benzene rings is 1. The van der Waals surface area contributed by atoms with Gasteiger partial charge in [-0.25, -0.2) is 0 Å². The molecule has 3 N–H and O–H groups in total. The fourth-order valence-electron chi connectivity index (χ4n) is 2.12.